The van der Waals surface area contributed by atoms with Crippen molar-refractivity contribution in [3.63, 3.8) is 0 Å². The molecular formula is C10H18N4OS. The van der Waals surface area contributed by atoms with E-state index in [0.717, 1.165) is 12.3 Å². The van der Waals surface area contributed by atoms with Gasteiger partial charge in [0.1, 0.15) is 0 Å². The lowest BCUT2D eigenvalue weighted by Gasteiger charge is -2.35. The zero-order valence-corrected chi connectivity index (χ0v) is 10.8. The largest absolute Gasteiger partial charge is 0.407 e. The summed E-state index contributed by atoms with van der Waals surface area (Å²) in [5.41, 5.74) is 0. The molecule has 2 heterocycles. The Labute approximate surface area is 100.0 Å². The molecule has 2 atom stereocenters. The molecule has 0 radical (unpaired) electrons. The summed E-state index contributed by atoms with van der Waals surface area (Å²) in [4.78, 5) is 2.20. The Kier molecular flexibility index (Phi) is 3.70. The number of hydrogen-bond acceptors (Lipinski definition) is 6. The molecule has 1 aliphatic rings. The van der Waals surface area contributed by atoms with Gasteiger partial charge in [0.2, 0.25) is 5.89 Å². The van der Waals surface area contributed by atoms with E-state index >= 15 is 0 Å². The molecule has 1 saturated heterocycles. The molecular weight excluding hydrogens is 224 g/mol. The van der Waals surface area contributed by atoms with Crippen molar-refractivity contribution in [1.29, 1.82) is 0 Å². The van der Waals surface area contributed by atoms with Gasteiger partial charge in [0.25, 0.3) is 0 Å². The molecule has 1 fully saturated rings. The molecule has 0 amide bonds. The third-order valence-electron chi connectivity index (χ3n) is 2.91. The van der Waals surface area contributed by atoms with Gasteiger partial charge in [-0.1, -0.05) is 12.0 Å². The lowest BCUT2D eigenvalue weighted by atomic mass is 10.2. The first-order valence-electron chi connectivity index (χ1n) is 5.57. The lowest BCUT2D eigenvalue weighted by molar-refractivity contribution is 0.455. The highest BCUT2D eigenvalue weighted by Crippen LogP contribution is 2.27. The maximum atomic E-state index is 5.61. The Balaban J connectivity index is 2.09. The second-order valence-electron chi connectivity index (χ2n) is 4.02. The summed E-state index contributed by atoms with van der Waals surface area (Å²) in [5.74, 6) is 1.77. The first kappa shape index (κ1) is 11.7. The Bertz CT molecular complexity index is 343. The van der Waals surface area contributed by atoms with Gasteiger partial charge in [0, 0.05) is 23.6 Å². The van der Waals surface area contributed by atoms with E-state index in [1.165, 1.54) is 0 Å². The van der Waals surface area contributed by atoms with E-state index in [0.29, 0.717) is 29.7 Å². The number of hydrogen-bond donors (Lipinski definition) is 1. The van der Waals surface area contributed by atoms with Crippen LogP contribution in [0.3, 0.4) is 0 Å². The number of nitrogens with one attached hydrogen (secondary N) is 1. The van der Waals surface area contributed by atoms with Crippen molar-refractivity contribution in [1.82, 2.24) is 15.5 Å². The summed E-state index contributed by atoms with van der Waals surface area (Å²) in [6.07, 6.45) is 0. The third-order valence-corrected chi connectivity index (χ3v) is 4.25. The summed E-state index contributed by atoms with van der Waals surface area (Å²) in [6, 6.07) is 1.10. The average molecular weight is 242 g/mol. The fraction of sp³-hybridized carbons (Fsp3) is 0.800. The highest BCUT2D eigenvalue weighted by atomic mass is 32.2. The molecule has 0 saturated carbocycles. The maximum Gasteiger partial charge on any atom is 0.318 e. The molecule has 0 spiro atoms. The van der Waals surface area contributed by atoms with Gasteiger partial charge in [-0.2, -0.15) is 11.8 Å². The zero-order valence-electron chi connectivity index (χ0n) is 9.93. The molecule has 2 unspecified atom stereocenters. The van der Waals surface area contributed by atoms with Crippen LogP contribution in [-0.4, -0.2) is 40.8 Å². The monoisotopic (exact) mass is 242 g/mol. The molecule has 1 N–H and O–H groups in total. The highest BCUT2D eigenvalue weighted by Gasteiger charge is 2.28. The van der Waals surface area contributed by atoms with Gasteiger partial charge in [0.05, 0.1) is 6.54 Å². The molecule has 0 aliphatic carbocycles. The SMILES string of the molecule is CNCc1nnc(N2CCSC(C)C2C)o1. The standard InChI is InChI=1S/C10H18N4OS/c1-7-8(2)16-5-4-14(7)10-13-12-9(15-10)6-11-3/h7-8,11H,4-6H2,1-3H3. The van der Waals surface area contributed by atoms with Crippen LogP contribution in [0.1, 0.15) is 19.7 Å². The van der Waals surface area contributed by atoms with Crippen molar-refractivity contribution in [2.75, 3.05) is 24.2 Å². The van der Waals surface area contributed by atoms with Crippen LogP contribution in [0.15, 0.2) is 4.42 Å². The van der Waals surface area contributed by atoms with Gasteiger partial charge in [-0.25, -0.2) is 0 Å². The van der Waals surface area contributed by atoms with Crippen LogP contribution in [-0.2, 0) is 6.54 Å². The van der Waals surface area contributed by atoms with Gasteiger partial charge in [-0.15, -0.1) is 5.10 Å². The van der Waals surface area contributed by atoms with Gasteiger partial charge in [-0.3, -0.25) is 0 Å². The van der Waals surface area contributed by atoms with E-state index in [9.17, 15) is 0 Å². The number of thioether (sulfide) groups is 1. The number of anilines is 1. The van der Waals surface area contributed by atoms with Crippen molar-refractivity contribution in [3.05, 3.63) is 5.89 Å². The summed E-state index contributed by atoms with van der Waals surface area (Å²) in [5, 5.41) is 11.7. The molecule has 1 aromatic rings. The maximum absolute atomic E-state index is 5.61. The molecule has 6 heteroatoms. The minimum Gasteiger partial charge on any atom is -0.407 e. The van der Waals surface area contributed by atoms with Crippen molar-refractivity contribution in [2.45, 2.75) is 31.7 Å². The minimum atomic E-state index is 0.446. The molecule has 1 aromatic heterocycles. The van der Waals surface area contributed by atoms with Crippen molar-refractivity contribution in [2.24, 2.45) is 0 Å². The van der Waals surface area contributed by atoms with E-state index < -0.39 is 0 Å². The fourth-order valence-corrected chi connectivity index (χ4v) is 2.89. The van der Waals surface area contributed by atoms with Gasteiger partial charge in [0.15, 0.2) is 0 Å². The Morgan fingerprint density at radius 2 is 2.31 bits per heavy atom. The van der Waals surface area contributed by atoms with E-state index in [2.05, 4.69) is 34.3 Å². The number of rotatable bonds is 3. The second-order valence-corrected chi connectivity index (χ2v) is 5.50. The Hall–Kier alpha value is -0.750. The second kappa shape index (κ2) is 5.05. The predicted molar refractivity (Wildman–Crippen MR) is 65.8 cm³/mol. The van der Waals surface area contributed by atoms with Crippen LogP contribution >= 0.6 is 11.8 Å². The topological polar surface area (TPSA) is 54.2 Å². The smallest absolute Gasteiger partial charge is 0.318 e. The van der Waals surface area contributed by atoms with Crippen molar-refractivity contribution < 1.29 is 4.42 Å². The molecule has 2 rings (SSSR count). The lowest BCUT2D eigenvalue weighted by Crippen LogP contribution is -2.44. The van der Waals surface area contributed by atoms with Crippen LogP contribution in [0, 0.1) is 0 Å². The first-order chi connectivity index (χ1) is 7.72. The van der Waals surface area contributed by atoms with Crippen LogP contribution in [0.25, 0.3) is 0 Å². The highest BCUT2D eigenvalue weighted by molar-refractivity contribution is 8.00. The first-order valence-corrected chi connectivity index (χ1v) is 6.62. The molecule has 5 nitrogen and oxygen atoms in total. The van der Waals surface area contributed by atoms with E-state index in [1.54, 1.807) is 0 Å². The molecule has 0 bridgehead atoms. The van der Waals surface area contributed by atoms with Crippen molar-refractivity contribution in [3.8, 4) is 0 Å². The molecule has 1 aliphatic heterocycles. The number of aromatic nitrogens is 2. The van der Waals surface area contributed by atoms with Gasteiger partial charge >= 0.3 is 6.01 Å². The van der Waals surface area contributed by atoms with Crippen LogP contribution < -0.4 is 10.2 Å². The third kappa shape index (κ3) is 2.32. The predicted octanol–water partition coefficient (Wildman–Crippen LogP) is 1.12. The van der Waals surface area contributed by atoms with Crippen molar-refractivity contribution >= 4 is 17.8 Å². The molecule has 16 heavy (non-hydrogen) atoms. The normalized spacial score (nSPS) is 26.1. The van der Waals surface area contributed by atoms with E-state index in [4.69, 9.17) is 4.42 Å². The zero-order chi connectivity index (χ0) is 11.5. The minimum absolute atomic E-state index is 0.446. The molecule has 0 aromatic carbocycles. The van der Waals surface area contributed by atoms with Gasteiger partial charge < -0.3 is 14.6 Å². The summed E-state index contributed by atoms with van der Waals surface area (Å²) in [6.45, 7) is 6.06. The summed E-state index contributed by atoms with van der Waals surface area (Å²) >= 11 is 2.00. The average Bonchev–Trinajstić information content (AvgIpc) is 2.71. The Morgan fingerprint density at radius 1 is 1.50 bits per heavy atom. The fourth-order valence-electron chi connectivity index (χ4n) is 1.79. The van der Waals surface area contributed by atoms with Crippen LogP contribution in [0.4, 0.5) is 6.01 Å². The van der Waals surface area contributed by atoms with Crippen LogP contribution in [0.5, 0.6) is 0 Å². The van der Waals surface area contributed by atoms with E-state index in [1.807, 2.05) is 18.8 Å². The molecule has 90 valence electrons. The number of nitrogens with zero attached hydrogens (tertiary/aromatic N) is 3. The van der Waals surface area contributed by atoms with Crippen LogP contribution in [0.2, 0.25) is 0 Å². The summed E-state index contributed by atoms with van der Waals surface area (Å²) < 4.78 is 5.61. The summed E-state index contributed by atoms with van der Waals surface area (Å²) in [7, 11) is 1.87. The van der Waals surface area contributed by atoms with E-state index in [-0.39, 0.29) is 0 Å². The van der Waals surface area contributed by atoms with Gasteiger partial charge in [-0.05, 0) is 14.0 Å². The Morgan fingerprint density at radius 3 is 3.06 bits per heavy atom. The quantitative estimate of drug-likeness (QED) is 0.857.